The van der Waals surface area contributed by atoms with Gasteiger partial charge in [-0.05, 0) is 36.2 Å². The molecule has 0 aliphatic heterocycles. The van der Waals surface area contributed by atoms with E-state index in [0.717, 1.165) is 50.7 Å². The Morgan fingerprint density at radius 2 is 2.00 bits per heavy atom. The number of aryl methyl sites for hydroxylation is 1. The molecule has 6 heteroatoms. The van der Waals surface area contributed by atoms with Crippen LogP contribution in [-0.2, 0) is 6.54 Å². The smallest absolute Gasteiger partial charge is 0.191 e. The second-order valence-corrected chi connectivity index (χ2v) is 6.55. The molecule has 148 valence electrons. The number of ether oxygens (including phenoxy) is 1. The highest BCUT2D eigenvalue weighted by molar-refractivity contribution is 5.83. The largest absolute Gasteiger partial charge is 0.494 e. The molecular weight excluding hydrogens is 350 g/mol. The van der Waals surface area contributed by atoms with E-state index >= 15 is 0 Å². The van der Waals surface area contributed by atoms with Gasteiger partial charge in [-0.25, -0.2) is 4.98 Å². The molecule has 0 aliphatic carbocycles. The number of hydrogen-bond acceptors (Lipinski definition) is 3. The molecule has 2 N–H and O–H groups in total. The molecule has 1 aromatic heterocycles. The summed E-state index contributed by atoms with van der Waals surface area (Å²) in [4.78, 5) is 8.68. The Bertz CT molecular complexity index is 860. The molecule has 0 saturated heterocycles. The maximum atomic E-state index is 5.88. The summed E-state index contributed by atoms with van der Waals surface area (Å²) in [7, 11) is 0. The number of fused-ring (bicyclic) bond motifs is 1. The summed E-state index contributed by atoms with van der Waals surface area (Å²) in [5, 5.41) is 9.09. The topological polar surface area (TPSA) is 63.5 Å². The standard InChI is InChI=1S/C22H29N5O/c1-2-24-22(25-11-5-14-27-15-13-23-18-27)26-12-6-16-28-21-10-9-19-7-3-4-8-20(19)17-21/h3-4,7-10,13,15,17-18H,2,5-6,11-12,14,16H2,1H3,(H2,24,25,26). The van der Waals surface area contributed by atoms with E-state index in [1.807, 2.05) is 24.7 Å². The van der Waals surface area contributed by atoms with Crippen LogP contribution in [0.25, 0.3) is 10.8 Å². The number of hydrogen-bond donors (Lipinski definition) is 2. The number of imidazole rings is 1. The van der Waals surface area contributed by atoms with Gasteiger partial charge in [0.1, 0.15) is 5.75 Å². The first-order chi connectivity index (χ1) is 13.8. The van der Waals surface area contributed by atoms with Gasteiger partial charge in [-0.3, -0.25) is 4.99 Å². The molecule has 0 atom stereocenters. The summed E-state index contributed by atoms with van der Waals surface area (Å²) in [6.07, 6.45) is 7.52. The van der Waals surface area contributed by atoms with Gasteiger partial charge < -0.3 is 19.9 Å². The third kappa shape index (κ3) is 6.30. The summed E-state index contributed by atoms with van der Waals surface area (Å²) >= 11 is 0. The molecule has 6 nitrogen and oxygen atoms in total. The molecule has 0 bridgehead atoms. The van der Waals surface area contributed by atoms with Crippen LogP contribution in [0, 0.1) is 0 Å². The fourth-order valence-electron chi connectivity index (χ4n) is 2.93. The molecule has 1 heterocycles. The van der Waals surface area contributed by atoms with Gasteiger partial charge in [0, 0.05) is 45.0 Å². The zero-order chi connectivity index (χ0) is 19.4. The number of nitrogens with one attached hydrogen (secondary N) is 2. The van der Waals surface area contributed by atoms with Crippen LogP contribution in [0.3, 0.4) is 0 Å². The number of aromatic nitrogens is 2. The van der Waals surface area contributed by atoms with Crippen LogP contribution in [0.5, 0.6) is 5.75 Å². The van der Waals surface area contributed by atoms with E-state index in [9.17, 15) is 0 Å². The van der Waals surface area contributed by atoms with E-state index in [4.69, 9.17) is 4.74 Å². The van der Waals surface area contributed by atoms with Crippen molar-refractivity contribution in [3.05, 3.63) is 61.2 Å². The normalized spacial score (nSPS) is 11.5. The second kappa shape index (κ2) is 11.0. The Balaban J connectivity index is 1.36. The summed E-state index contributed by atoms with van der Waals surface area (Å²) in [5.74, 6) is 1.77. The Kier molecular flexibility index (Phi) is 7.73. The van der Waals surface area contributed by atoms with Crippen LogP contribution in [-0.4, -0.2) is 41.8 Å². The third-order valence-electron chi connectivity index (χ3n) is 4.35. The SMILES string of the molecule is CCNC(=NCCCOc1ccc2ccccc2c1)NCCCn1ccnc1. The monoisotopic (exact) mass is 379 g/mol. The van der Waals surface area contributed by atoms with Crippen LogP contribution in [0.15, 0.2) is 66.2 Å². The Hall–Kier alpha value is -3.02. The van der Waals surface area contributed by atoms with Crippen molar-refractivity contribution in [3.63, 3.8) is 0 Å². The number of aliphatic imine (C=N–C) groups is 1. The first kappa shape index (κ1) is 19.7. The van der Waals surface area contributed by atoms with Gasteiger partial charge in [-0.1, -0.05) is 30.3 Å². The van der Waals surface area contributed by atoms with Crippen LogP contribution >= 0.6 is 0 Å². The van der Waals surface area contributed by atoms with Crippen molar-refractivity contribution in [3.8, 4) is 5.75 Å². The summed E-state index contributed by atoms with van der Waals surface area (Å²) in [5.41, 5.74) is 0. The average Bonchev–Trinajstić information content (AvgIpc) is 3.24. The van der Waals surface area contributed by atoms with E-state index in [0.29, 0.717) is 6.61 Å². The fourth-order valence-corrected chi connectivity index (χ4v) is 2.93. The second-order valence-electron chi connectivity index (χ2n) is 6.55. The average molecular weight is 380 g/mol. The lowest BCUT2D eigenvalue weighted by molar-refractivity contribution is 0.314. The summed E-state index contributed by atoms with van der Waals surface area (Å²) in [6, 6.07) is 14.5. The molecule has 0 saturated carbocycles. The van der Waals surface area contributed by atoms with Crippen LogP contribution in [0.1, 0.15) is 19.8 Å². The molecule has 0 aliphatic rings. The summed E-state index contributed by atoms with van der Waals surface area (Å²) < 4.78 is 7.96. The van der Waals surface area contributed by atoms with Crippen molar-refractivity contribution in [1.82, 2.24) is 20.2 Å². The van der Waals surface area contributed by atoms with Gasteiger partial charge in [-0.2, -0.15) is 0 Å². The Morgan fingerprint density at radius 3 is 2.82 bits per heavy atom. The van der Waals surface area contributed by atoms with E-state index < -0.39 is 0 Å². The quantitative estimate of drug-likeness (QED) is 0.322. The fraction of sp³-hybridized carbons (Fsp3) is 0.364. The zero-order valence-electron chi connectivity index (χ0n) is 16.5. The predicted octanol–water partition coefficient (Wildman–Crippen LogP) is 3.45. The molecule has 0 fully saturated rings. The van der Waals surface area contributed by atoms with Gasteiger partial charge in [0.15, 0.2) is 5.96 Å². The van der Waals surface area contributed by atoms with Crippen molar-refractivity contribution >= 4 is 16.7 Å². The number of nitrogens with zero attached hydrogens (tertiary/aromatic N) is 3. The minimum Gasteiger partial charge on any atom is -0.494 e. The van der Waals surface area contributed by atoms with Crippen molar-refractivity contribution in [2.75, 3.05) is 26.2 Å². The summed E-state index contributed by atoms with van der Waals surface area (Å²) in [6.45, 7) is 6.13. The molecule has 0 amide bonds. The highest BCUT2D eigenvalue weighted by atomic mass is 16.5. The molecular formula is C22H29N5O. The molecule has 0 spiro atoms. The van der Waals surface area contributed by atoms with E-state index in [2.05, 4.69) is 62.4 Å². The van der Waals surface area contributed by atoms with Gasteiger partial charge in [0.2, 0.25) is 0 Å². The van der Waals surface area contributed by atoms with Crippen LogP contribution in [0.4, 0.5) is 0 Å². The maximum absolute atomic E-state index is 5.88. The van der Waals surface area contributed by atoms with Gasteiger partial charge >= 0.3 is 0 Å². The number of benzene rings is 2. The Labute approximate surface area is 166 Å². The van der Waals surface area contributed by atoms with E-state index in [-0.39, 0.29) is 0 Å². The van der Waals surface area contributed by atoms with Crippen LogP contribution < -0.4 is 15.4 Å². The van der Waals surface area contributed by atoms with Crippen LogP contribution in [0.2, 0.25) is 0 Å². The first-order valence-corrected chi connectivity index (χ1v) is 9.94. The molecule has 2 aromatic carbocycles. The third-order valence-corrected chi connectivity index (χ3v) is 4.35. The predicted molar refractivity (Wildman–Crippen MR) is 115 cm³/mol. The van der Waals surface area contributed by atoms with Crippen molar-refractivity contribution in [2.45, 2.75) is 26.3 Å². The van der Waals surface area contributed by atoms with Crippen molar-refractivity contribution in [1.29, 1.82) is 0 Å². The minimum atomic E-state index is 0.655. The Morgan fingerprint density at radius 1 is 1.11 bits per heavy atom. The van der Waals surface area contributed by atoms with E-state index in [1.54, 1.807) is 6.20 Å². The molecule has 0 unspecified atom stereocenters. The molecule has 3 rings (SSSR count). The number of guanidine groups is 1. The van der Waals surface area contributed by atoms with Gasteiger partial charge in [-0.15, -0.1) is 0 Å². The van der Waals surface area contributed by atoms with Gasteiger partial charge in [0.05, 0.1) is 12.9 Å². The highest BCUT2D eigenvalue weighted by Gasteiger charge is 1.99. The van der Waals surface area contributed by atoms with Crippen molar-refractivity contribution < 1.29 is 4.74 Å². The minimum absolute atomic E-state index is 0.655. The van der Waals surface area contributed by atoms with Gasteiger partial charge in [0.25, 0.3) is 0 Å². The highest BCUT2D eigenvalue weighted by Crippen LogP contribution is 2.20. The first-order valence-electron chi connectivity index (χ1n) is 9.94. The maximum Gasteiger partial charge on any atom is 0.191 e. The lowest BCUT2D eigenvalue weighted by Gasteiger charge is -2.11. The number of rotatable bonds is 10. The van der Waals surface area contributed by atoms with Crippen molar-refractivity contribution in [2.24, 2.45) is 4.99 Å². The zero-order valence-corrected chi connectivity index (χ0v) is 16.5. The lowest BCUT2D eigenvalue weighted by atomic mass is 10.1. The molecule has 0 radical (unpaired) electrons. The molecule has 28 heavy (non-hydrogen) atoms. The van der Waals surface area contributed by atoms with E-state index in [1.165, 1.54) is 10.8 Å². The lowest BCUT2D eigenvalue weighted by Crippen LogP contribution is -2.38. The molecule has 3 aromatic rings.